The standard InChI is InChI=1S/C14H17ClN4/c1-16-17-10-19-7-6-18(13-3-4-13)9-11-8-12(15)2-5-14(11)19/h2,5,8,10,13H,1,3-4,6-7,9H2/b17-10-. The molecule has 1 aliphatic carbocycles. The summed E-state index contributed by atoms with van der Waals surface area (Å²) in [5.74, 6) is 0. The molecule has 0 aromatic heterocycles. The van der Waals surface area contributed by atoms with Crippen molar-refractivity contribution in [1.82, 2.24) is 4.90 Å². The van der Waals surface area contributed by atoms with Gasteiger partial charge in [0.25, 0.3) is 0 Å². The Morgan fingerprint density at radius 1 is 1.32 bits per heavy atom. The SMILES string of the molecule is C=N/N=C\N1CCN(C2CC2)Cc2cc(Cl)ccc21. The van der Waals surface area contributed by atoms with Gasteiger partial charge in [0.15, 0.2) is 0 Å². The summed E-state index contributed by atoms with van der Waals surface area (Å²) in [6, 6.07) is 6.79. The van der Waals surface area contributed by atoms with E-state index in [-0.39, 0.29) is 0 Å². The molecule has 1 fully saturated rings. The van der Waals surface area contributed by atoms with Crippen molar-refractivity contribution in [2.45, 2.75) is 25.4 Å². The summed E-state index contributed by atoms with van der Waals surface area (Å²) in [6.45, 7) is 6.31. The van der Waals surface area contributed by atoms with Crippen LogP contribution in [-0.2, 0) is 6.54 Å². The third-order valence-electron chi connectivity index (χ3n) is 3.69. The van der Waals surface area contributed by atoms with Crippen molar-refractivity contribution < 1.29 is 0 Å². The number of fused-ring (bicyclic) bond motifs is 1. The molecule has 0 amide bonds. The molecule has 1 aliphatic heterocycles. The predicted octanol–water partition coefficient (Wildman–Crippen LogP) is 2.77. The lowest BCUT2D eigenvalue weighted by atomic mass is 10.1. The van der Waals surface area contributed by atoms with Gasteiger partial charge in [-0.05, 0) is 36.6 Å². The maximum absolute atomic E-state index is 6.13. The highest BCUT2D eigenvalue weighted by molar-refractivity contribution is 6.30. The Hall–Kier alpha value is -1.39. The highest BCUT2D eigenvalue weighted by Gasteiger charge is 2.31. The summed E-state index contributed by atoms with van der Waals surface area (Å²) in [6.07, 6.45) is 4.38. The highest BCUT2D eigenvalue weighted by atomic mass is 35.5. The summed E-state index contributed by atoms with van der Waals surface area (Å²) < 4.78 is 0. The molecular weight excluding hydrogens is 260 g/mol. The van der Waals surface area contributed by atoms with Gasteiger partial charge >= 0.3 is 0 Å². The Labute approximate surface area is 118 Å². The zero-order valence-electron chi connectivity index (χ0n) is 10.8. The van der Waals surface area contributed by atoms with Gasteiger partial charge in [-0.3, -0.25) is 4.90 Å². The van der Waals surface area contributed by atoms with Crippen molar-refractivity contribution in [3.05, 3.63) is 28.8 Å². The summed E-state index contributed by atoms with van der Waals surface area (Å²) >= 11 is 6.13. The smallest absolute Gasteiger partial charge is 0.118 e. The molecule has 1 heterocycles. The molecule has 0 bridgehead atoms. The minimum Gasteiger partial charge on any atom is -0.329 e. The van der Waals surface area contributed by atoms with Crippen LogP contribution in [0.4, 0.5) is 5.69 Å². The first-order valence-electron chi connectivity index (χ1n) is 6.56. The first kappa shape index (κ1) is 12.6. The molecule has 4 nitrogen and oxygen atoms in total. The zero-order valence-corrected chi connectivity index (χ0v) is 11.6. The number of anilines is 1. The van der Waals surface area contributed by atoms with Gasteiger partial charge in [0.1, 0.15) is 6.34 Å². The molecule has 3 rings (SSSR count). The van der Waals surface area contributed by atoms with Crippen LogP contribution in [0, 0.1) is 0 Å². The van der Waals surface area contributed by atoms with E-state index in [0.717, 1.165) is 30.7 Å². The summed E-state index contributed by atoms with van der Waals surface area (Å²) in [5.41, 5.74) is 2.42. The van der Waals surface area contributed by atoms with Crippen LogP contribution in [0.25, 0.3) is 0 Å². The van der Waals surface area contributed by atoms with E-state index in [1.54, 1.807) is 6.34 Å². The van der Waals surface area contributed by atoms with E-state index in [0.29, 0.717) is 0 Å². The molecule has 0 saturated heterocycles. The molecule has 0 radical (unpaired) electrons. The Morgan fingerprint density at radius 2 is 2.16 bits per heavy atom. The predicted molar refractivity (Wildman–Crippen MR) is 80.3 cm³/mol. The second-order valence-electron chi connectivity index (χ2n) is 5.04. The minimum atomic E-state index is 0.751. The van der Waals surface area contributed by atoms with Crippen LogP contribution in [0.1, 0.15) is 18.4 Å². The van der Waals surface area contributed by atoms with Crippen molar-refractivity contribution in [3.63, 3.8) is 0 Å². The van der Waals surface area contributed by atoms with Gasteiger partial charge in [0, 0.05) is 43.1 Å². The Balaban J connectivity index is 1.93. The largest absolute Gasteiger partial charge is 0.329 e. The van der Waals surface area contributed by atoms with Crippen molar-refractivity contribution >= 4 is 30.3 Å². The zero-order chi connectivity index (χ0) is 13.2. The molecule has 2 aliphatic rings. The second-order valence-corrected chi connectivity index (χ2v) is 5.48. The summed E-state index contributed by atoms with van der Waals surface area (Å²) in [7, 11) is 0. The van der Waals surface area contributed by atoms with Crippen LogP contribution in [0.3, 0.4) is 0 Å². The van der Waals surface area contributed by atoms with E-state index >= 15 is 0 Å². The summed E-state index contributed by atoms with van der Waals surface area (Å²) in [4.78, 5) is 4.66. The average molecular weight is 277 g/mol. The van der Waals surface area contributed by atoms with E-state index in [9.17, 15) is 0 Å². The van der Waals surface area contributed by atoms with Gasteiger partial charge < -0.3 is 4.90 Å². The van der Waals surface area contributed by atoms with E-state index < -0.39 is 0 Å². The van der Waals surface area contributed by atoms with E-state index in [2.05, 4.69) is 38.9 Å². The molecule has 100 valence electrons. The van der Waals surface area contributed by atoms with Gasteiger partial charge in [-0.15, -0.1) is 5.10 Å². The van der Waals surface area contributed by atoms with E-state index in [4.69, 9.17) is 11.6 Å². The van der Waals surface area contributed by atoms with Crippen molar-refractivity contribution in [3.8, 4) is 0 Å². The average Bonchev–Trinajstić information content (AvgIpc) is 3.22. The number of benzene rings is 1. The maximum Gasteiger partial charge on any atom is 0.118 e. The molecule has 0 spiro atoms. The molecule has 19 heavy (non-hydrogen) atoms. The van der Waals surface area contributed by atoms with Crippen molar-refractivity contribution in [1.29, 1.82) is 0 Å². The van der Waals surface area contributed by atoms with Crippen LogP contribution in [-0.4, -0.2) is 37.1 Å². The second kappa shape index (κ2) is 5.31. The third-order valence-corrected chi connectivity index (χ3v) is 3.92. The molecule has 0 atom stereocenters. The Kier molecular flexibility index (Phi) is 3.53. The van der Waals surface area contributed by atoms with Crippen LogP contribution in [0.2, 0.25) is 5.02 Å². The van der Waals surface area contributed by atoms with E-state index in [1.807, 2.05) is 6.07 Å². The Bertz CT molecular complexity index is 510. The van der Waals surface area contributed by atoms with Crippen molar-refractivity contribution in [2.75, 3.05) is 18.0 Å². The number of hydrogen-bond donors (Lipinski definition) is 0. The molecule has 0 N–H and O–H groups in total. The summed E-state index contributed by atoms with van der Waals surface area (Å²) in [5, 5.41) is 8.25. The topological polar surface area (TPSA) is 31.2 Å². The third kappa shape index (κ3) is 2.80. The number of rotatable bonds is 3. The van der Waals surface area contributed by atoms with E-state index in [1.165, 1.54) is 24.1 Å². The van der Waals surface area contributed by atoms with Gasteiger partial charge in [0.05, 0.1) is 0 Å². The minimum absolute atomic E-state index is 0.751. The Morgan fingerprint density at radius 3 is 2.89 bits per heavy atom. The fraction of sp³-hybridized carbons (Fsp3) is 0.429. The lowest BCUT2D eigenvalue weighted by Crippen LogP contribution is -2.31. The first-order valence-corrected chi connectivity index (χ1v) is 6.94. The molecular formula is C14H17ClN4. The number of nitrogens with zero attached hydrogens (tertiary/aromatic N) is 4. The molecule has 1 aromatic rings. The van der Waals surface area contributed by atoms with Gasteiger partial charge in [0.2, 0.25) is 0 Å². The maximum atomic E-state index is 6.13. The lowest BCUT2D eigenvalue weighted by Gasteiger charge is -2.19. The molecule has 1 aromatic carbocycles. The van der Waals surface area contributed by atoms with Crippen LogP contribution in [0.5, 0.6) is 0 Å². The fourth-order valence-corrected chi connectivity index (χ4v) is 2.78. The molecule has 0 unspecified atom stereocenters. The van der Waals surface area contributed by atoms with Crippen LogP contribution >= 0.6 is 11.6 Å². The van der Waals surface area contributed by atoms with Crippen molar-refractivity contribution in [2.24, 2.45) is 10.2 Å². The van der Waals surface area contributed by atoms with Gasteiger partial charge in [-0.2, -0.15) is 5.10 Å². The quantitative estimate of drug-likeness (QED) is 0.483. The molecule has 5 heteroatoms. The highest BCUT2D eigenvalue weighted by Crippen LogP contribution is 2.33. The first-order chi connectivity index (χ1) is 9.28. The lowest BCUT2D eigenvalue weighted by molar-refractivity contribution is 0.268. The molecule has 1 saturated carbocycles. The number of halogens is 1. The fourth-order valence-electron chi connectivity index (χ4n) is 2.59. The normalized spacial score (nSPS) is 20.4. The monoisotopic (exact) mass is 276 g/mol. The van der Waals surface area contributed by atoms with Gasteiger partial charge in [-0.25, -0.2) is 0 Å². The number of hydrogen-bond acceptors (Lipinski definition) is 3. The van der Waals surface area contributed by atoms with Crippen LogP contribution in [0.15, 0.2) is 28.4 Å². The van der Waals surface area contributed by atoms with Gasteiger partial charge in [-0.1, -0.05) is 11.6 Å². The van der Waals surface area contributed by atoms with Crippen LogP contribution < -0.4 is 4.90 Å².